The predicted molar refractivity (Wildman–Crippen MR) is 46.7 cm³/mol. The molecule has 4 heteroatoms. The predicted octanol–water partition coefficient (Wildman–Crippen LogP) is 1.18. The number of hydrogen-bond acceptors (Lipinski definition) is 4. The molecule has 0 amide bonds. The first-order valence-corrected chi connectivity index (χ1v) is 3.69. The lowest BCUT2D eigenvalue weighted by molar-refractivity contribution is -0.148. The van der Waals surface area contributed by atoms with Crippen molar-refractivity contribution >= 4 is 11.9 Å². The maximum atomic E-state index is 11.0. The normalized spacial score (nSPS) is 10.5. The van der Waals surface area contributed by atoms with Crippen molar-refractivity contribution < 1.29 is 19.1 Å². The zero-order chi connectivity index (χ0) is 10.3. The third-order valence-corrected chi connectivity index (χ3v) is 1.11. The molecule has 0 unspecified atom stereocenters. The second-order valence-electron chi connectivity index (χ2n) is 2.18. The lowest BCUT2D eigenvalue weighted by Crippen LogP contribution is -2.11. The maximum Gasteiger partial charge on any atom is 0.373 e. The number of methoxy groups -OCH3 is 1. The van der Waals surface area contributed by atoms with Gasteiger partial charge < -0.3 is 9.47 Å². The molecule has 0 aromatic rings. The van der Waals surface area contributed by atoms with Gasteiger partial charge in [-0.05, 0) is 12.5 Å². The molecule has 0 atom stereocenters. The molecule has 0 aromatic heterocycles. The zero-order valence-electron chi connectivity index (χ0n) is 7.70. The number of rotatable bonds is 4. The van der Waals surface area contributed by atoms with E-state index in [4.69, 9.17) is 0 Å². The van der Waals surface area contributed by atoms with Gasteiger partial charge in [-0.25, -0.2) is 4.79 Å². The van der Waals surface area contributed by atoms with Crippen LogP contribution in [-0.2, 0) is 19.1 Å². The monoisotopic (exact) mass is 184 g/mol. The molecule has 0 spiro atoms. The Bertz CT molecular complexity index is 240. The summed E-state index contributed by atoms with van der Waals surface area (Å²) in [4.78, 5) is 21.5. The summed E-state index contributed by atoms with van der Waals surface area (Å²) in [6, 6.07) is 0. The summed E-state index contributed by atoms with van der Waals surface area (Å²) in [5.74, 6) is -1.33. The van der Waals surface area contributed by atoms with E-state index in [0.29, 0.717) is 6.42 Å². The molecule has 0 heterocycles. The maximum absolute atomic E-state index is 11.0. The lowest BCUT2D eigenvalue weighted by Gasteiger charge is -2.03. The minimum absolute atomic E-state index is 0.102. The van der Waals surface area contributed by atoms with Crippen molar-refractivity contribution in [2.75, 3.05) is 7.11 Å². The molecule has 4 nitrogen and oxygen atoms in total. The fourth-order valence-corrected chi connectivity index (χ4v) is 0.612. The van der Waals surface area contributed by atoms with Gasteiger partial charge in [0, 0.05) is 6.92 Å². The average molecular weight is 184 g/mol. The number of allylic oxidation sites excluding steroid dienone is 2. The number of carbonyl (C=O) groups is 2. The van der Waals surface area contributed by atoms with Crippen LogP contribution in [0, 0.1) is 0 Å². The van der Waals surface area contributed by atoms with Crippen LogP contribution in [0.3, 0.4) is 0 Å². The van der Waals surface area contributed by atoms with Crippen molar-refractivity contribution in [2.45, 2.75) is 13.3 Å². The molecule has 0 saturated carbocycles. The summed E-state index contributed by atoms with van der Waals surface area (Å²) < 4.78 is 9.00. The Labute approximate surface area is 76.8 Å². The van der Waals surface area contributed by atoms with E-state index < -0.39 is 11.9 Å². The molecule has 0 aliphatic carbocycles. The van der Waals surface area contributed by atoms with Gasteiger partial charge in [-0.1, -0.05) is 6.08 Å². The van der Waals surface area contributed by atoms with Crippen molar-refractivity contribution in [1.29, 1.82) is 0 Å². The molecular formula is C9H12O4. The summed E-state index contributed by atoms with van der Waals surface area (Å²) in [5.41, 5.74) is 0. The molecule has 0 fully saturated rings. The largest absolute Gasteiger partial charge is 0.463 e. The van der Waals surface area contributed by atoms with Gasteiger partial charge in [0.1, 0.15) is 0 Å². The van der Waals surface area contributed by atoms with Crippen LogP contribution in [0.15, 0.2) is 24.5 Å². The number of carbonyl (C=O) groups excluding carboxylic acids is 2. The first-order chi connectivity index (χ1) is 6.11. The van der Waals surface area contributed by atoms with E-state index in [2.05, 4.69) is 16.1 Å². The third-order valence-electron chi connectivity index (χ3n) is 1.11. The van der Waals surface area contributed by atoms with Gasteiger partial charge >= 0.3 is 11.9 Å². The highest BCUT2D eigenvalue weighted by molar-refractivity contribution is 5.89. The van der Waals surface area contributed by atoms with Gasteiger partial charge in [0.25, 0.3) is 0 Å². The third kappa shape index (κ3) is 4.79. The van der Waals surface area contributed by atoms with Crippen LogP contribution in [0.2, 0.25) is 0 Å². The van der Waals surface area contributed by atoms with Gasteiger partial charge in [0.15, 0.2) is 0 Å². The highest BCUT2D eigenvalue weighted by Gasteiger charge is 2.12. The molecule has 0 aromatic carbocycles. The second kappa shape index (κ2) is 5.99. The summed E-state index contributed by atoms with van der Waals surface area (Å²) in [7, 11) is 1.22. The van der Waals surface area contributed by atoms with Crippen LogP contribution < -0.4 is 0 Å². The van der Waals surface area contributed by atoms with Gasteiger partial charge in [-0.2, -0.15) is 0 Å². The highest BCUT2D eigenvalue weighted by Crippen LogP contribution is 2.02. The molecule has 0 aliphatic rings. The quantitative estimate of drug-likeness (QED) is 0.285. The van der Waals surface area contributed by atoms with Crippen LogP contribution >= 0.6 is 0 Å². The summed E-state index contributed by atoms with van der Waals surface area (Å²) in [6.07, 6.45) is 3.45. The SMILES string of the molecule is C=CC/C=C(\OC(C)=O)C(=O)OC. The van der Waals surface area contributed by atoms with E-state index in [0.717, 1.165) is 0 Å². The fourth-order valence-electron chi connectivity index (χ4n) is 0.612. The van der Waals surface area contributed by atoms with E-state index >= 15 is 0 Å². The first-order valence-electron chi connectivity index (χ1n) is 3.69. The van der Waals surface area contributed by atoms with Gasteiger partial charge in [0.05, 0.1) is 7.11 Å². The molecule has 0 rings (SSSR count). The molecule has 0 aliphatic heterocycles. The van der Waals surface area contributed by atoms with E-state index in [-0.39, 0.29) is 5.76 Å². The van der Waals surface area contributed by atoms with Crippen molar-refractivity contribution in [3.05, 3.63) is 24.5 Å². The van der Waals surface area contributed by atoms with Crippen LogP contribution in [0.25, 0.3) is 0 Å². The molecule has 0 bridgehead atoms. The minimum atomic E-state index is -0.669. The Morgan fingerprint density at radius 2 is 2.08 bits per heavy atom. The topological polar surface area (TPSA) is 52.6 Å². The minimum Gasteiger partial charge on any atom is -0.463 e. The Morgan fingerprint density at radius 3 is 2.46 bits per heavy atom. The lowest BCUT2D eigenvalue weighted by atomic mass is 10.3. The smallest absolute Gasteiger partial charge is 0.373 e. The molecule has 72 valence electrons. The van der Waals surface area contributed by atoms with E-state index in [1.165, 1.54) is 20.1 Å². The zero-order valence-corrected chi connectivity index (χ0v) is 7.70. The highest BCUT2D eigenvalue weighted by atomic mass is 16.6. The average Bonchev–Trinajstić information content (AvgIpc) is 2.10. The number of esters is 2. The van der Waals surface area contributed by atoms with Gasteiger partial charge in [-0.15, -0.1) is 6.58 Å². The van der Waals surface area contributed by atoms with E-state index in [1.54, 1.807) is 6.08 Å². The Hall–Kier alpha value is -1.58. The van der Waals surface area contributed by atoms with Crippen LogP contribution in [0.4, 0.5) is 0 Å². The van der Waals surface area contributed by atoms with Crippen LogP contribution in [-0.4, -0.2) is 19.0 Å². The fraction of sp³-hybridized carbons (Fsp3) is 0.333. The van der Waals surface area contributed by atoms with Crippen molar-refractivity contribution in [1.82, 2.24) is 0 Å². The number of hydrogen-bond donors (Lipinski definition) is 0. The molecule has 0 radical (unpaired) electrons. The Kier molecular flexibility index (Phi) is 5.27. The van der Waals surface area contributed by atoms with E-state index in [1.807, 2.05) is 0 Å². The van der Waals surface area contributed by atoms with Crippen molar-refractivity contribution in [3.63, 3.8) is 0 Å². The molecule has 0 saturated heterocycles. The summed E-state index contributed by atoms with van der Waals surface area (Å²) in [6.45, 7) is 4.67. The molecular weight excluding hydrogens is 172 g/mol. The van der Waals surface area contributed by atoms with Gasteiger partial charge in [0.2, 0.25) is 5.76 Å². The molecule has 0 N–H and O–H groups in total. The molecule has 13 heavy (non-hydrogen) atoms. The summed E-state index contributed by atoms with van der Waals surface area (Å²) >= 11 is 0. The van der Waals surface area contributed by atoms with Crippen LogP contribution in [0.1, 0.15) is 13.3 Å². The van der Waals surface area contributed by atoms with Gasteiger partial charge in [-0.3, -0.25) is 4.79 Å². The van der Waals surface area contributed by atoms with E-state index in [9.17, 15) is 9.59 Å². The number of ether oxygens (including phenoxy) is 2. The van der Waals surface area contributed by atoms with Crippen molar-refractivity contribution in [2.24, 2.45) is 0 Å². The van der Waals surface area contributed by atoms with Crippen LogP contribution in [0.5, 0.6) is 0 Å². The second-order valence-corrected chi connectivity index (χ2v) is 2.18. The standard InChI is InChI=1S/C9H12O4/c1-4-5-6-8(9(11)12-3)13-7(2)10/h4,6H,1,5H2,2-3H3/b8-6-. The summed E-state index contributed by atoms with van der Waals surface area (Å²) in [5, 5.41) is 0. The van der Waals surface area contributed by atoms with Crippen molar-refractivity contribution in [3.8, 4) is 0 Å². The Morgan fingerprint density at radius 1 is 1.46 bits per heavy atom. The first kappa shape index (κ1) is 11.4. The Balaban J connectivity index is 4.43.